The van der Waals surface area contributed by atoms with Gasteiger partial charge in [0.05, 0.1) is 25.9 Å². The van der Waals surface area contributed by atoms with E-state index in [1.165, 1.54) is 10.9 Å². The summed E-state index contributed by atoms with van der Waals surface area (Å²) in [6.07, 6.45) is -10.4. The second-order valence-corrected chi connectivity index (χ2v) is 13.8. The molecule has 7 rings (SSSR count). The molecule has 4 aromatic rings. The number of ether oxygens (including phenoxy) is 2. The Balaban J connectivity index is 1.17. The van der Waals surface area contributed by atoms with Gasteiger partial charge in [-0.3, -0.25) is 32.5 Å². The topological polar surface area (TPSA) is 269 Å². The van der Waals surface area contributed by atoms with Crippen molar-refractivity contribution in [2.75, 3.05) is 24.7 Å². The number of halogens is 2. The zero-order chi connectivity index (χ0) is 31.8. The van der Waals surface area contributed by atoms with E-state index in [1.54, 1.807) is 0 Å². The standard InChI is InChI=1S/C20H23BF2N10O10P2/c21-44(35)38-1-6-13(9(23)18(40-6)32-4-28-10-14(24)26-3-27-15(10)32)43-45(36,37)39-2-7-12(42-44)8(22)19(41-7)33-5-29-11-16(33)30-20(25)31-17(11)34/h3-9,12-13,18-19H,1-2,21H2,(H,36,37)(H2,24,26,27)(H3,25,30,31,34)/t6-,7-,8-,9-,12-,13-,18-,19-,44?/m1/s1. The fourth-order valence-corrected chi connectivity index (χ4v) is 7.48. The van der Waals surface area contributed by atoms with Gasteiger partial charge >= 0.3 is 7.82 Å². The number of fused-ring (bicyclic) bond motifs is 4. The molecule has 45 heavy (non-hydrogen) atoms. The van der Waals surface area contributed by atoms with Crippen molar-refractivity contribution in [3.8, 4) is 0 Å². The first-order valence-electron chi connectivity index (χ1n) is 13.1. The van der Waals surface area contributed by atoms with Crippen LogP contribution < -0.4 is 17.0 Å². The summed E-state index contributed by atoms with van der Waals surface area (Å²) < 4.78 is 93.4. The van der Waals surface area contributed by atoms with Crippen molar-refractivity contribution < 1.29 is 50.4 Å². The van der Waals surface area contributed by atoms with Gasteiger partial charge in [-0.1, -0.05) is 0 Å². The first-order chi connectivity index (χ1) is 21.3. The summed E-state index contributed by atoms with van der Waals surface area (Å²) in [5, 5.41) is 0. The molecule has 3 aliphatic rings. The molecule has 240 valence electrons. The number of nitrogens with two attached hydrogens (primary N) is 2. The molecule has 7 heterocycles. The second-order valence-electron chi connectivity index (χ2n) is 10.3. The van der Waals surface area contributed by atoms with Crippen molar-refractivity contribution in [1.29, 1.82) is 0 Å². The Bertz CT molecular complexity index is 1950. The number of alkyl halides is 2. The minimum atomic E-state index is -5.10. The molecule has 3 saturated heterocycles. The largest absolute Gasteiger partial charge is 0.472 e. The Kier molecular flexibility index (Phi) is 7.30. The summed E-state index contributed by atoms with van der Waals surface area (Å²) >= 11 is 0. The third kappa shape index (κ3) is 5.32. The number of phosphoric acid groups is 1. The lowest BCUT2D eigenvalue weighted by Gasteiger charge is -2.28. The summed E-state index contributed by atoms with van der Waals surface area (Å²) in [6.45, 7) is -1.53. The van der Waals surface area contributed by atoms with E-state index in [2.05, 4.69) is 29.9 Å². The van der Waals surface area contributed by atoms with Crippen LogP contribution in [0.25, 0.3) is 22.3 Å². The number of H-pyrrole nitrogens is 1. The van der Waals surface area contributed by atoms with Gasteiger partial charge in [-0.25, -0.2) is 33.3 Å². The average Bonchev–Trinajstić information content (AvgIpc) is 3.72. The lowest BCUT2D eigenvalue weighted by Crippen LogP contribution is -2.37. The summed E-state index contributed by atoms with van der Waals surface area (Å²) in [5.41, 5.74) is 10.7. The van der Waals surface area contributed by atoms with Crippen LogP contribution in [0.3, 0.4) is 0 Å². The molecule has 0 bridgehead atoms. The molecular weight excluding hydrogens is 651 g/mol. The highest BCUT2D eigenvalue weighted by Gasteiger charge is 2.54. The molecule has 10 atom stereocenters. The number of hydrogen-bond donors (Lipinski definition) is 4. The van der Waals surface area contributed by atoms with Gasteiger partial charge in [0.1, 0.15) is 36.3 Å². The molecule has 0 spiro atoms. The number of nitrogens with zero attached hydrogens (tertiary/aromatic N) is 7. The summed E-state index contributed by atoms with van der Waals surface area (Å²) in [6, 6.07) is 0. The van der Waals surface area contributed by atoms with Gasteiger partial charge in [0.2, 0.25) is 5.95 Å². The van der Waals surface area contributed by atoms with E-state index in [4.69, 9.17) is 39.0 Å². The summed E-state index contributed by atoms with van der Waals surface area (Å²) in [4.78, 5) is 44.8. The molecule has 20 nitrogen and oxygen atoms in total. The van der Waals surface area contributed by atoms with Gasteiger partial charge < -0.3 is 34.9 Å². The molecule has 0 amide bonds. The van der Waals surface area contributed by atoms with Crippen molar-refractivity contribution in [2.45, 2.75) is 49.2 Å². The third-order valence-corrected chi connectivity index (χ3v) is 9.59. The van der Waals surface area contributed by atoms with E-state index in [1.807, 2.05) is 0 Å². The Morgan fingerprint density at radius 1 is 0.911 bits per heavy atom. The summed E-state index contributed by atoms with van der Waals surface area (Å²) in [7, 11) is -8.24. The highest BCUT2D eigenvalue weighted by molar-refractivity contribution is 7.79. The third-order valence-electron chi connectivity index (χ3n) is 7.36. The number of nitrogens with one attached hydrogen (secondary N) is 1. The zero-order valence-corrected chi connectivity index (χ0v) is 24.6. The van der Waals surface area contributed by atoms with Crippen molar-refractivity contribution in [3.05, 3.63) is 29.3 Å². The number of nitrogen functional groups attached to an aromatic ring is 2. The zero-order valence-electron chi connectivity index (χ0n) is 22.8. The van der Waals surface area contributed by atoms with Crippen LogP contribution in [0, 0.1) is 0 Å². The highest BCUT2D eigenvalue weighted by atomic mass is 31.2. The van der Waals surface area contributed by atoms with E-state index in [0.717, 1.165) is 24.8 Å². The fourth-order valence-electron chi connectivity index (χ4n) is 5.35. The number of phosphoric ester groups is 1. The summed E-state index contributed by atoms with van der Waals surface area (Å²) in [5.74, 6) is -0.259. The predicted molar refractivity (Wildman–Crippen MR) is 148 cm³/mol. The maximum absolute atomic E-state index is 16.0. The van der Waals surface area contributed by atoms with Gasteiger partial charge in [-0.2, -0.15) is 4.98 Å². The number of rotatable bonds is 2. The fraction of sp³-hybridized carbons (Fsp3) is 0.500. The number of aromatic amines is 1. The van der Waals surface area contributed by atoms with E-state index < -0.39 is 83.3 Å². The van der Waals surface area contributed by atoms with Gasteiger partial charge in [0.25, 0.3) is 20.6 Å². The molecular formula is C20H23BF2N10O10P2. The van der Waals surface area contributed by atoms with Crippen LogP contribution in [0.15, 0.2) is 23.8 Å². The Morgan fingerprint density at radius 3 is 2.20 bits per heavy atom. The molecule has 3 aliphatic heterocycles. The van der Waals surface area contributed by atoms with Crippen LogP contribution in [0.4, 0.5) is 20.5 Å². The van der Waals surface area contributed by atoms with Crippen LogP contribution in [0.2, 0.25) is 0 Å². The minimum absolute atomic E-state index is 0.0204. The maximum atomic E-state index is 16.0. The number of imidazole rings is 2. The van der Waals surface area contributed by atoms with Crippen molar-refractivity contribution in [1.82, 2.24) is 39.0 Å². The Morgan fingerprint density at radius 2 is 1.51 bits per heavy atom. The molecule has 25 heteroatoms. The second kappa shape index (κ2) is 10.9. The average molecular weight is 674 g/mol. The van der Waals surface area contributed by atoms with Gasteiger partial charge in [0, 0.05) is 0 Å². The molecule has 0 aromatic carbocycles. The highest BCUT2D eigenvalue weighted by Crippen LogP contribution is 2.54. The van der Waals surface area contributed by atoms with E-state index in [-0.39, 0.29) is 34.1 Å². The number of hydrogen-bond acceptors (Lipinski definition) is 16. The maximum Gasteiger partial charge on any atom is 0.472 e. The van der Waals surface area contributed by atoms with Crippen LogP contribution >= 0.6 is 15.3 Å². The lowest BCUT2D eigenvalue weighted by molar-refractivity contribution is -0.0607. The Hall–Kier alpha value is -3.40. The molecule has 0 aliphatic carbocycles. The van der Waals surface area contributed by atoms with E-state index in [0.29, 0.717) is 0 Å². The predicted octanol–water partition coefficient (Wildman–Crippen LogP) is -0.746. The van der Waals surface area contributed by atoms with Crippen molar-refractivity contribution >= 4 is 57.0 Å². The monoisotopic (exact) mass is 674 g/mol. The van der Waals surface area contributed by atoms with Gasteiger partial charge in [-0.05, 0) is 0 Å². The van der Waals surface area contributed by atoms with Gasteiger partial charge in [0.15, 0.2) is 47.4 Å². The molecule has 4 aromatic heterocycles. The van der Waals surface area contributed by atoms with Crippen molar-refractivity contribution in [3.63, 3.8) is 0 Å². The molecule has 3 fully saturated rings. The number of anilines is 2. The molecule has 0 radical (unpaired) electrons. The minimum Gasteiger partial charge on any atom is -0.382 e. The quantitative estimate of drug-likeness (QED) is 0.150. The first kappa shape index (κ1) is 30.3. The van der Waals surface area contributed by atoms with Crippen LogP contribution in [-0.2, 0) is 36.7 Å². The van der Waals surface area contributed by atoms with Gasteiger partial charge in [-0.15, -0.1) is 0 Å². The van der Waals surface area contributed by atoms with Crippen LogP contribution in [0.1, 0.15) is 12.5 Å². The van der Waals surface area contributed by atoms with E-state index in [9.17, 15) is 18.8 Å². The van der Waals surface area contributed by atoms with Crippen LogP contribution in [-0.4, -0.2) is 101 Å². The smallest absolute Gasteiger partial charge is 0.382 e. The van der Waals surface area contributed by atoms with E-state index >= 15 is 8.78 Å². The Labute approximate surface area is 249 Å². The molecule has 6 N–H and O–H groups in total. The molecule has 2 unspecified atom stereocenters. The van der Waals surface area contributed by atoms with Crippen molar-refractivity contribution in [2.24, 2.45) is 0 Å². The van der Waals surface area contributed by atoms with Crippen LogP contribution in [0.5, 0.6) is 0 Å². The lowest BCUT2D eigenvalue weighted by atomic mass is 10.1. The molecule has 0 saturated carbocycles. The SMILES string of the molecule is BP1(=O)OC[C@H]2O[C@@H](n3cnc4c(N)ncnc43)[C@H](F)[C@@H]2OP(=O)(O)OC[C@H]2O[C@@H](n3cnc4c(=O)[nH]c(N)nc43)[C@H](F)[C@@H]2O1. The number of aromatic nitrogens is 8. The first-order valence-corrected chi connectivity index (χ1v) is 16.6. The normalized spacial score (nSPS) is 37.7.